The van der Waals surface area contributed by atoms with Crippen LogP contribution in [0.1, 0.15) is 18.4 Å². The number of nitrogens with two attached hydrogens (primary N) is 1. The maximum atomic E-state index is 10.8. The molecule has 1 aromatic rings. The van der Waals surface area contributed by atoms with Crippen molar-refractivity contribution in [2.75, 3.05) is 0 Å². The molecule has 0 aromatic heterocycles. The third kappa shape index (κ3) is 2.34. The summed E-state index contributed by atoms with van der Waals surface area (Å²) >= 11 is 0. The van der Waals surface area contributed by atoms with E-state index in [0.717, 1.165) is 0 Å². The molecule has 0 spiro atoms. The third-order valence-electron chi connectivity index (χ3n) is 2.71. The fraction of sp³-hybridized carbons (Fsp3) is 0.364. The van der Waals surface area contributed by atoms with Crippen LogP contribution in [0, 0.1) is 21.4 Å². The Morgan fingerprint density at radius 3 is 2.76 bits per heavy atom. The van der Waals surface area contributed by atoms with E-state index in [1.165, 1.54) is 18.2 Å². The normalized spacial score (nSPS) is 22.4. The lowest BCUT2D eigenvalue weighted by atomic mass is 9.90. The molecule has 1 aliphatic carbocycles. The number of rotatable bonds is 3. The van der Waals surface area contributed by atoms with Crippen LogP contribution < -0.4 is 10.5 Å². The first kappa shape index (κ1) is 11.4. The summed E-state index contributed by atoms with van der Waals surface area (Å²) in [6.45, 7) is 0. The van der Waals surface area contributed by atoms with Gasteiger partial charge in [0.1, 0.15) is 6.10 Å². The van der Waals surface area contributed by atoms with Crippen LogP contribution in [0.15, 0.2) is 18.2 Å². The lowest BCUT2D eigenvalue weighted by Gasteiger charge is -2.32. The van der Waals surface area contributed by atoms with Gasteiger partial charge in [-0.05, 0) is 25.0 Å². The van der Waals surface area contributed by atoms with Gasteiger partial charge in [-0.3, -0.25) is 10.1 Å². The lowest BCUT2D eigenvalue weighted by molar-refractivity contribution is -0.386. The lowest BCUT2D eigenvalue weighted by Crippen LogP contribution is -2.43. The molecule has 1 aromatic carbocycles. The Hall–Kier alpha value is -2.13. The van der Waals surface area contributed by atoms with Gasteiger partial charge < -0.3 is 10.5 Å². The first-order chi connectivity index (χ1) is 8.10. The standard InChI is InChI=1S/C11H11N3O3/c12-6-7-1-2-11(10(3-7)14(15)16)17-9-4-8(13)5-9/h1-3,8-9H,4-5,13H2. The van der Waals surface area contributed by atoms with Crippen molar-refractivity contribution in [3.63, 3.8) is 0 Å². The number of nitro benzene ring substituents is 1. The molecular formula is C11H11N3O3. The van der Waals surface area contributed by atoms with E-state index in [0.29, 0.717) is 12.8 Å². The van der Waals surface area contributed by atoms with Crippen molar-refractivity contribution in [3.05, 3.63) is 33.9 Å². The van der Waals surface area contributed by atoms with Gasteiger partial charge in [-0.2, -0.15) is 5.26 Å². The molecule has 0 saturated heterocycles. The third-order valence-corrected chi connectivity index (χ3v) is 2.71. The summed E-state index contributed by atoms with van der Waals surface area (Å²) in [6.07, 6.45) is 1.35. The SMILES string of the molecule is N#Cc1ccc(OC2CC(N)C2)c([N+](=O)[O-])c1. The minimum Gasteiger partial charge on any atom is -0.483 e. The molecular weight excluding hydrogens is 222 g/mol. The Labute approximate surface area is 97.7 Å². The highest BCUT2D eigenvalue weighted by Crippen LogP contribution is 2.32. The number of ether oxygens (including phenoxy) is 1. The maximum Gasteiger partial charge on any atom is 0.312 e. The fourth-order valence-electron chi connectivity index (χ4n) is 1.71. The number of nitro groups is 1. The monoisotopic (exact) mass is 233 g/mol. The van der Waals surface area contributed by atoms with Crippen LogP contribution >= 0.6 is 0 Å². The van der Waals surface area contributed by atoms with E-state index in [1.807, 2.05) is 6.07 Å². The minimum absolute atomic E-state index is 0.0587. The second-order valence-corrected chi connectivity index (χ2v) is 4.02. The van der Waals surface area contributed by atoms with Crippen molar-refractivity contribution in [2.24, 2.45) is 5.73 Å². The number of nitriles is 1. The van der Waals surface area contributed by atoms with Crippen LogP contribution in [0.2, 0.25) is 0 Å². The Balaban J connectivity index is 2.21. The molecule has 0 aliphatic heterocycles. The van der Waals surface area contributed by atoms with Gasteiger partial charge in [0.15, 0.2) is 5.75 Å². The predicted molar refractivity (Wildman–Crippen MR) is 59.4 cm³/mol. The topological polar surface area (TPSA) is 102 Å². The van der Waals surface area contributed by atoms with E-state index >= 15 is 0 Å². The summed E-state index contributed by atoms with van der Waals surface area (Å²) in [5.74, 6) is 0.200. The second kappa shape index (κ2) is 4.39. The molecule has 0 amide bonds. The Morgan fingerprint density at radius 2 is 2.24 bits per heavy atom. The van der Waals surface area contributed by atoms with Crippen molar-refractivity contribution in [1.82, 2.24) is 0 Å². The van der Waals surface area contributed by atoms with E-state index in [-0.39, 0.29) is 29.1 Å². The highest BCUT2D eigenvalue weighted by Gasteiger charge is 2.29. The first-order valence-electron chi connectivity index (χ1n) is 5.21. The molecule has 2 N–H and O–H groups in total. The van der Waals surface area contributed by atoms with Crippen LogP contribution in [-0.4, -0.2) is 17.1 Å². The van der Waals surface area contributed by atoms with Crippen molar-refractivity contribution in [3.8, 4) is 11.8 Å². The van der Waals surface area contributed by atoms with E-state index in [1.54, 1.807) is 0 Å². The van der Waals surface area contributed by atoms with Crippen molar-refractivity contribution in [2.45, 2.75) is 25.0 Å². The van der Waals surface area contributed by atoms with Gasteiger partial charge in [-0.25, -0.2) is 0 Å². The van der Waals surface area contributed by atoms with Gasteiger partial charge in [-0.1, -0.05) is 0 Å². The number of benzene rings is 1. The van der Waals surface area contributed by atoms with E-state index in [4.69, 9.17) is 15.7 Å². The smallest absolute Gasteiger partial charge is 0.312 e. The summed E-state index contributed by atoms with van der Waals surface area (Å²) in [5, 5.41) is 19.5. The summed E-state index contributed by atoms with van der Waals surface area (Å²) in [6, 6.07) is 6.16. The predicted octanol–water partition coefficient (Wildman–Crippen LogP) is 1.33. The molecule has 88 valence electrons. The van der Waals surface area contributed by atoms with Gasteiger partial charge in [0.25, 0.3) is 0 Å². The molecule has 2 rings (SSSR count). The number of hydrogen-bond acceptors (Lipinski definition) is 5. The zero-order valence-electron chi connectivity index (χ0n) is 9.00. The summed E-state index contributed by atoms with van der Waals surface area (Å²) in [5.41, 5.74) is 5.68. The van der Waals surface area contributed by atoms with Gasteiger partial charge in [0, 0.05) is 12.1 Å². The van der Waals surface area contributed by atoms with Crippen LogP contribution in [0.25, 0.3) is 0 Å². The molecule has 0 radical (unpaired) electrons. The van der Waals surface area contributed by atoms with Gasteiger partial charge in [-0.15, -0.1) is 0 Å². The molecule has 0 unspecified atom stereocenters. The van der Waals surface area contributed by atoms with Crippen LogP contribution in [-0.2, 0) is 0 Å². The highest BCUT2D eigenvalue weighted by molar-refractivity contribution is 5.51. The van der Waals surface area contributed by atoms with Gasteiger partial charge >= 0.3 is 5.69 Å². The minimum atomic E-state index is -0.547. The van der Waals surface area contributed by atoms with E-state index < -0.39 is 4.92 Å². The highest BCUT2D eigenvalue weighted by atomic mass is 16.6. The fourth-order valence-corrected chi connectivity index (χ4v) is 1.71. The Bertz CT molecular complexity index is 489. The van der Waals surface area contributed by atoms with E-state index in [9.17, 15) is 10.1 Å². The molecule has 1 saturated carbocycles. The molecule has 0 atom stereocenters. The van der Waals surface area contributed by atoms with Gasteiger partial charge in [0.05, 0.1) is 16.6 Å². The summed E-state index contributed by atoms with van der Waals surface area (Å²) < 4.78 is 5.48. The molecule has 0 bridgehead atoms. The molecule has 6 heteroatoms. The van der Waals surface area contributed by atoms with Crippen LogP contribution in [0.4, 0.5) is 5.69 Å². The Kier molecular flexibility index (Phi) is 2.93. The van der Waals surface area contributed by atoms with Crippen LogP contribution in [0.3, 0.4) is 0 Å². The summed E-state index contributed by atoms with van der Waals surface area (Å²) in [4.78, 5) is 10.3. The maximum absolute atomic E-state index is 10.8. The average Bonchev–Trinajstić information content (AvgIpc) is 2.27. The largest absolute Gasteiger partial charge is 0.483 e. The molecule has 0 heterocycles. The molecule has 1 aliphatic rings. The zero-order chi connectivity index (χ0) is 12.4. The number of nitrogens with zero attached hydrogens (tertiary/aromatic N) is 2. The van der Waals surface area contributed by atoms with Crippen LogP contribution in [0.5, 0.6) is 5.75 Å². The Morgan fingerprint density at radius 1 is 1.53 bits per heavy atom. The molecule has 1 fully saturated rings. The summed E-state index contributed by atoms with van der Waals surface area (Å²) in [7, 11) is 0. The quantitative estimate of drug-likeness (QED) is 0.626. The van der Waals surface area contributed by atoms with Crippen molar-refractivity contribution >= 4 is 5.69 Å². The molecule has 17 heavy (non-hydrogen) atoms. The average molecular weight is 233 g/mol. The first-order valence-corrected chi connectivity index (χ1v) is 5.21. The zero-order valence-corrected chi connectivity index (χ0v) is 9.00. The van der Waals surface area contributed by atoms with Gasteiger partial charge in [0.2, 0.25) is 0 Å². The number of hydrogen-bond donors (Lipinski definition) is 1. The molecule has 6 nitrogen and oxygen atoms in total. The van der Waals surface area contributed by atoms with Crippen molar-refractivity contribution < 1.29 is 9.66 Å². The van der Waals surface area contributed by atoms with E-state index in [2.05, 4.69) is 0 Å². The second-order valence-electron chi connectivity index (χ2n) is 4.02. The van der Waals surface area contributed by atoms with Crippen molar-refractivity contribution in [1.29, 1.82) is 5.26 Å².